The minimum absolute atomic E-state index is 0.0144. The number of benzene rings is 1. The second-order valence-corrected chi connectivity index (χ2v) is 3.96. The fourth-order valence-corrected chi connectivity index (χ4v) is 1.76. The summed E-state index contributed by atoms with van der Waals surface area (Å²) in [6, 6.07) is 5.49. The molecule has 0 atom stereocenters. The molecular weight excluding hydrogens is 234 g/mol. The van der Waals surface area contributed by atoms with Crippen molar-refractivity contribution in [1.82, 2.24) is 5.32 Å². The van der Waals surface area contributed by atoms with Crippen LogP contribution >= 0.6 is 0 Å². The second kappa shape index (κ2) is 6.37. The van der Waals surface area contributed by atoms with Gasteiger partial charge in [0.2, 0.25) is 0 Å². The zero-order valence-electron chi connectivity index (χ0n) is 10.4. The van der Waals surface area contributed by atoms with Crippen LogP contribution in [0, 0.1) is 0 Å². The minimum atomic E-state index is -0.0144. The molecule has 0 saturated carbocycles. The molecule has 0 bridgehead atoms. The molecule has 1 aliphatic rings. The highest BCUT2D eigenvalue weighted by Crippen LogP contribution is 2.21. The summed E-state index contributed by atoms with van der Waals surface area (Å²) in [7, 11) is 1.64. The Balaban J connectivity index is 1.75. The molecule has 5 heteroatoms. The predicted molar refractivity (Wildman–Crippen MR) is 65.8 cm³/mol. The van der Waals surface area contributed by atoms with Gasteiger partial charge in [0, 0.05) is 19.2 Å². The summed E-state index contributed by atoms with van der Waals surface area (Å²) in [4.78, 5) is 11.4. The van der Waals surface area contributed by atoms with E-state index in [1.54, 1.807) is 19.2 Å². The highest BCUT2D eigenvalue weighted by atomic mass is 16.5. The molecule has 0 fully saturated rings. The van der Waals surface area contributed by atoms with Gasteiger partial charge in [-0.2, -0.15) is 0 Å². The molecule has 0 aliphatic carbocycles. The SMILES string of the molecule is COCCOCCOc1ccc2c(c1)CNC2=O. The number of amides is 1. The number of nitrogens with one attached hydrogen (secondary N) is 1. The van der Waals surface area contributed by atoms with Crippen molar-refractivity contribution >= 4 is 5.91 Å². The maximum Gasteiger partial charge on any atom is 0.251 e. The largest absolute Gasteiger partial charge is 0.491 e. The van der Waals surface area contributed by atoms with Crippen molar-refractivity contribution in [2.45, 2.75) is 6.54 Å². The van der Waals surface area contributed by atoms with Gasteiger partial charge < -0.3 is 19.5 Å². The van der Waals surface area contributed by atoms with E-state index in [0.29, 0.717) is 33.0 Å². The molecular formula is C13H17NO4. The Hall–Kier alpha value is -1.59. The van der Waals surface area contributed by atoms with E-state index in [0.717, 1.165) is 16.9 Å². The molecule has 0 spiro atoms. The van der Waals surface area contributed by atoms with Gasteiger partial charge in [0.05, 0.1) is 19.8 Å². The van der Waals surface area contributed by atoms with Crippen LogP contribution in [0.2, 0.25) is 0 Å². The van der Waals surface area contributed by atoms with Crippen LogP contribution in [-0.4, -0.2) is 39.4 Å². The highest BCUT2D eigenvalue weighted by Gasteiger charge is 2.18. The van der Waals surface area contributed by atoms with Gasteiger partial charge in [-0.15, -0.1) is 0 Å². The molecule has 1 aliphatic heterocycles. The van der Waals surface area contributed by atoms with E-state index in [-0.39, 0.29) is 5.91 Å². The van der Waals surface area contributed by atoms with Gasteiger partial charge in [0.1, 0.15) is 12.4 Å². The Kier molecular flexibility index (Phi) is 4.55. The molecule has 18 heavy (non-hydrogen) atoms. The van der Waals surface area contributed by atoms with E-state index < -0.39 is 0 Å². The average Bonchev–Trinajstić information content (AvgIpc) is 2.75. The molecule has 0 aromatic heterocycles. The monoisotopic (exact) mass is 251 g/mol. The van der Waals surface area contributed by atoms with Crippen molar-refractivity contribution in [2.24, 2.45) is 0 Å². The number of methoxy groups -OCH3 is 1. The predicted octanol–water partition coefficient (Wildman–Crippen LogP) is 0.972. The summed E-state index contributed by atoms with van der Waals surface area (Å²) in [5.41, 5.74) is 1.72. The first-order valence-corrected chi connectivity index (χ1v) is 5.92. The topological polar surface area (TPSA) is 56.8 Å². The first-order valence-electron chi connectivity index (χ1n) is 5.92. The zero-order valence-corrected chi connectivity index (χ0v) is 10.4. The summed E-state index contributed by atoms with van der Waals surface area (Å²) >= 11 is 0. The van der Waals surface area contributed by atoms with E-state index in [9.17, 15) is 4.79 Å². The van der Waals surface area contributed by atoms with Crippen LogP contribution in [0.25, 0.3) is 0 Å². The Labute approximate surface area is 106 Å². The lowest BCUT2D eigenvalue weighted by Gasteiger charge is -2.07. The summed E-state index contributed by atoms with van der Waals surface area (Å²) < 4.78 is 15.7. The Bertz CT molecular complexity index is 419. The Morgan fingerprint density at radius 2 is 2.06 bits per heavy atom. The smallest absolute Gasteiger partial charge is 0.251 e. The Morgan fingerprint density at radius 1 is 1.22 bits per heavy atom. The third kappa shape index (κ3) is 3.21. The van der Waals surface area contributed by atoms with E-state index in [2.05, 4.69) is 5.32 Å². The number of rotatable bonds is 7. The normalized spacial score (nSPS) is 13.3. The zero-order chi connectivity index (χ0) is 12.8. The molecule has 0 unspecified atom stereocenters. The average molecular weight is 251 g/mol. The van der Waals surface area contributed by atoms with E-state index in [1.807, 2.05) is 6.07 Å². The van der Waals surface area contributed by atoms with Crippen molar-refractivity contribution in [3.8, 4) is 5.75 Å². The summed E-state index contributed by atoms with van der Waals surface area (Å²) in [6.45, 7) is 2.76. The van der Waals surface area contributed by atoms with Crippen LogP contribution < -0.4 is 10.1 Å². The molecule has 1 heterocycles. The fraction of sp³-hybridized carbons (Fsp3) is 0.462. The van der Waals surface area contributed by atoms with E-state index in [4.69, 9.17) is 14.2 Å². The maximum atomic E-state index is 11.4. The van der Waals surface area contributed by atoms with Gasteiger partial charge in [0.25, 0.3) is 5.91 Å². The van der Waals surface area contributed by atoms with Crippen molar-refractivity contribution in [2.75, 3.05) is 33.5 Å². The van der Waals surface area contributed by atoms with Crippen molar-refractivity contribution in [3.63, 3.8) is 0 Å². The van der Waals surface area contributed by atoms with Crippen LogP contribution in [0.1, 0.15) is 15.9 Å². The first kappa shape index (κ1) is 12.9. The number of ether oxygens (including phenoxy) is 3. The quantitative estimate of drug-likeness (QED) is 0.734. The third-order valence-electron chi connectivity index (χ3n) is 2.69. The van der Waals surface area contributed by atoms with Gasteiger partial charge in [-0.3, -0.25) is 4.79 Å². The van der Waals surface area contributed by atoms with Gasteiger partial charge in [-0.1, -0.05) is 0 Å². The molecule has 0 saturated heterocycles. The first-order chi connectivity index (χ1) is 8.81. The van der Waals surface area contributed by atoms with Crippen molar-refractivity contribution in [1.29, 1.82) is 0 Å². The lowest BCUT2D eigenvalue weighted by molar-refractivity contribution is 0.0544. The number of hydrogen-bond acceptors (Lipinski definition) is 4. The molecule has 1 aromatic carbocycles. The van der Waals surface area contributed by atoms with Gasteiger partial charge >= 0.3 is 0 Å². The number of fused-ring (bicyclic) bond motifs is 1. The van der Waals surface area contributed by atoms with Crippen LogP contribution in [0.5, 0.6) is 5.75 Å². The van der Waals surface area contributed by atoms with Crippen LogP contribution in [0.3, 0.4) is 0 Å². The summed E-state index contributed by atoms with van der Waals surface area (Å²) in [5, 5.41) is 2.77. The maximum absolute atomic E-state index is 11.4. The second-order valence-electron chi connectivity index (χ2n) is 3.96. The fourth-order valence-electron chi connectivity index (χ4n) is 1.76. The summed E-state index contributed by atoms with van der Waals surface area (Å²) in [6.07, 6.45) is 0. The number of carbonyl (C=O) groups is 1. The van der Waals surface area contributed by atoms with Gasteiger partial charge in [0.15, 0.2) is 0 Å². The molecule has 5 nitrogen and oxygen atoms in total. The van der Waals surface area contributed by atoms with E-state index in [1.165, 1.54) is 0 Å². The van der Waals surface area contributed by atoms with Crippen molar-refractivity contribution in [3.05, 3.63) is 29.3 Å². The number of carbonyl (C=O) groups excluding carboxylic acids is 1. The van der Waals surface area contributed by atoms with Crippen LogP contribution in [0.15, 0.2) is 18.2 Å². The lowest BCUT2D eigenvalue weighted by atomic mass is 10.1. The van der Waals surface area contributed by atoms with Gasteiger partial charge in [-0.25, -0.2) is 0 Å². The summed E-state index contributed by atoms with van der Waals surface area (Å²) in [5.74, 6) is 0.750. The molecule has 1 amide bonds. The molecule has 1 N–H and O–H groups in total. The third-order valence-corrected chi connectivity index (χ3v) is 2.69. The molecule has 98 valence electrons. The lowest BCUT2D eigenvalue weighted by Crippen LogP contribution is -2.12. The standard InChI is InChI=1S/C13H17NO4/c1-16-4-5-17-6-7-18-11-2-3-12-10(8-11)9-14-13(12)15/h2-3,8H,4-7,9H2,1H3,(H,14,15). The molecule has 0 radical (unpaired) electrons. The highest BCUT2D eigenvalue weighted by molar-refractivity contribution is 5.98. The van der Waals surface area contributed by atoms with Crippen LogP contribution in [0.4, 0.5) is 0 Å². The molecule has 1 aromatic rings. The van der Waals surface area contributed by atoms with Crippen molar-refractivity contribution < 1.29 is 19.0 Å². The van der Waals surface area contributed by atoms with E-state index >= 15 is 0 Å². The minimum Gasteiger partial charge on any atom is -0.491 e. The number of hydrogen-bond donors (Lipinski definition) is 1. The molecule has 2 rings (SSSR count). The van der Waals surface area contributed by atoms with Gasteiger partial charge in [-0.05, 0) is 23.8 Å². The van der Waals surface area contributed by atoms with Crippen LogP contribution in [-0.2, 0) is 16.0 Å². The Morgan fingerprint density at radius 3 is 2.89 bits per heavy atom.